The summed E-state index contributed by atoms with van der Waals surface area (Å²) in [5.74, 6) is 0.0531. The lowest BCUT2D eigenvalue weighted by atomic mass is 10.6. The molecule has 1 aromatic heterocycles. The Morgan fingerprint density at radius 3 is 2.81 bits per heavy atom. The minimum atomic E-state index is -3.34. The fourth-order valence-electron chi connectivity index (χ4n) is 1.40. The number of hydrogen-bond donors (Lipinski definition) is 3. The summed E-state index contributed by atoms with van der Waals surface area (Å²) in [6.45, 7) is 0.218. The standard InChI is InChI=1S/C8H13N3O3S2/c9-7-6(16(13,14)5-1-2-5)8(15-11-7)10-3-4-12/h5,10,12H,1-4H2,(H2,9,11). The summed E-state index contributed by atoms with van der Waals surface area (Å²) < 4.78 is 27.9. The minimum absolute atomic E-state index is 0.0531. The lowest BCUT2D eigenvalue weighted by Crippen LogP contribution is -2.13. The Morgan fingerprint density at radius 2 is 2.25 bits per heavy atom. The first-order valence-electron chi connectivity index (χ1n) is 4.91. The van der Waals surface area contributed by atoms with Crippen LogP contribution < -0.4 is 11.1 Å². The zero-order valence-electron chi connectivity index (χ0n) is 8.51. The molecule has 0 bridgehead atoms. The van der Waals surface area contributed by atoms with Crippen LogP contribution in [0.1, 0.15) is 12.8 Å². The van der Waals surface area contributed by atoms with E-state index >= 15 is 0 Å². The van der Waals surface area contributed by atoms with Crippen molar-refractivity contribution in [1.82, 2.24) is 4.37 Å². The summed E-state index contributed by atoms with van der Waals surface area (Å²) in [4.78, 5) is 0.105. The van der Waals surface area contributed by atoms with Crippen LogP contribution in [0.15, 0.2) is 4.90 Å². The highest BCUT2D eigenvalue weighted by Crippen LogP contribution is 2.40. The molecule has 0 unspecified atom stereocenters. The first-order chi connectivity index (χ1) is 7.57. The quantitative estimate of drug-likeness (QED) is 0.694. The molecule has 0 radical (unpaired) electrons. The number of nitrogens with one attached hydrogen (secondary N) is 1. The third-order valence-corrected chi connectivity index (χ3v) is 5.60. The van der Waals surface area contributed by atoms with Gasteiger partial charge in [-0.05, 0) is 24.4 Å². The summed E-state index contributed by atoms with van der Waals surface area (Å²) in [6, 6.07) is 0. The molecule has 0 aromatic carbocycles. The molecule has 6 nitrogen and oxygen atoms in total. The van der Waals surface area contributed by atoms with E-state index in [1.807, 2.05) is 0 Å². The van der Waals surface area contributed by atoms with Crippen molar-refractivity contribution in [1.29, 1.82) is 0 Å². The molecular weight excluding hydrogens is 250 g/mol. The average Bonchev–Trinajstić information content (AvgIpc) is 3.01. The van der Waals surface area contributed by atoms with Gasteiger partial charge in [-0.2, -0.15) is 4.37 Å². The number of nitrogens with zero attached hydrogens (tertiary/aromatic N) is 1. The van der Waals surface area contributed by atoms with Gasteiger partial charge >= 0.3 is 0 Å². The van der Waals surface area contributed by atoms with Crippen molar-refractivity contribution in [2.24, 2.45) is 0 Å². The molecule has 1 fully saturated rings. The zero-order valence-corrected chi connectivity index (χ0v) is 10.1. The van der Waals surface area contributed by atoms with Crippen LogP contribution in [0.3, 0.4) is 0 Å². The molecular formula is C8H13N3O3S2. The number of rotatable bonds is 5. The Kier molecular flexibility index (Phi) is 3.04. The molecule has 1 aliphatic carbocycles. The zero-order chi connectivity index (χ0) is 11.8. The van der Waals surface area contributed by atoms with E-state index in [4.69, 9.17) is 10.8 Å². The second-order valence-corrected chi connectivity index (χ2v) is 6.56. The van der Waals surface area contributed by atoms with E-state index in [2.05, 4.69) is 9.69 Å². The largest absolute Gasteiger partial charge is 0.395 e. The van der Waals surface area contributed by atoms with Crippen molar-refractivity contribution >= 4 is 32.2 Å². The van der Waals surface area contributed by atoms with Crippen molar-refractivity contribution in [3.8, 4) is 0 Å². The number of aliphatic hydroxyl groups excluding tert-OH is 1. The van der Waals surface area contributed by atoms with Gasteiger partial charge in [-0.3, -0.25) is 0 Å². The molecule has 16 heavy (non-hydrogen) atoms. The molecule has 1 aliphatic rings. The Bertz CT molecular complexity index is 479. The van der Waals surface area contributed by atoms with Crippen LogP contribution in [0, 0.1) is 0 Å². The van der Waals surface area contributed by atoms with Crippen molar-refractivity contribution in [3.63, 3.8) is 0 Å². The number of nitrogen functional groups attached to an aromatic ring is 1. The van der Waals surface area contributed by atoms with Crippen LogP contribution >= 0.6 is 11.5 Å². The fourth-order valence-corrected chi connectivity index (χ4v) is 4.31. The SMILES string of the molecule is Nc1nsc(NCCO)c1S(=O)(=O)C1CC1. The number of aliphatic hydroxyl groups is 1. The first-order valence-corrected chi connectivity index (χ1v) is 7.23. The topological polar surface area (TPSA) is 105 Å². The molecule has 2 rings (SSSR count). The summed E-state index contributed by atoms with van der Waals surface area (Å²) in [5.41, 5.74) is 5.58. The molecule has 0 saturated heterocycles. The van der Waals surface area contributed by atoms with Gasteiger partial charge in [-0.1, -0.05) is 0 Å². The third-order valence-electron chi connectivity index (χ3n) is 2.32. The van der Waals surface area contributed by atoms with Crippen molar-refractivity contribution in [2.75, 3.05) is 24.2 Å². The van der Waals surface area contributed by atoms with E-state index in [0.29, 0.717) is 17.8 Å². The highest BCUT2D eigenvalue weighted by Gasteiger charge is 2.40. The number of sulfone groups is 1. The monoisotopic (exact) mass is 263 g/mol. The molecule has 0 atom stereocenters. The lowest BCUT2D eigenvalue weighted by molar-refractivity contribution is 0.311. The molecule has 90 valence electrons. The maximum Gasteiger partial charge on any atom is 0.187 e. The van der Waals surface area contributed by atoms with Crippen molar-refractivity contribution in [3.05, 3.63) is 0 Å². The maximum atomic E-state index is 12.0. The molecule has 4 N–H and O–H groups in total. The first kappa shape index (κ1) is 11.6. The minimum Gasteiger partial charge on any atom is -0.395 e. The van der Waals surface area contributed by atoms with E-state index in [9.17, 15) is 8.42 Å². The number of hydrogen-bond acceptors (Lipinski definition) is 7. The normalized spacial score (nSPS) is 16.3. The Labute approximate surface area is 97.6 Å². The van der Waals surface area contributed by atoms with E-state index < -0.39 is 9.84 Å². The highest BCUT2D eigenvalue weighted by atomic mass is 32.2. The predicted octanol–water partition coefficient (Wildman–Crippen LogP) is 0.0656. The van der Waals surface area contributed by atoms with E-state index in [-0.39, 0.29) is 29.1 Å². The number of aromatic nitrogens is 1. The van der Waals surface area contributed by atoms with Crippen LogP contribution in [-0.2, 0) is 9.84 Å². The van der Waals surface area contributed by atoms with Crippen LogP contribution in [0.25, 0.3) is 0 Å². The van der Waals surface area contributed by atoms with Gasteiger partial charge in [-0.25, -0.2) is 8.42 Å². The van der Waals surface area contributed by atoms with Crippen molar-refractivity contribution < 1.29 is 13.5 Å². The summed E-state index contributed by atoms with van der Waals surface area (Å²) in [7, 11) is -3.34. The van der Waals surface area contributed by atoms with Gasteiger partial charge in [0.2, 0.25) is 0 Å². The van der Waals surface area contributed by atoms with Crippen molar-refractivity contribution in [2.45, 2.75) is 23.0 Å². The third kappa shape index (κ3) is 2.00. The van der Waals surface area contributed by atoms with E-state index in [1.54, 1.807) is 0 Å². The van der Waals surface area contributed by atoms with E-state index in [0.717, 1.165) is 11.5 Å². The Hall–Kier alpha value is -0.860. The molecule has 1 heterocycles. The van der Waals surface area contributed by atoms with Gasteiger partial charge in [0, 0.05) is 6.54 Å². The van der Waals surface area contributed by atoms with Crippen LogP contribution in [0.2, 0.25) is 0 Å². The molecule has 8 heteroatoms. The van der Waals surface area contributed by atoms with Gasteiger partial charge in [0.25, 0.3) is 0 Å². The van der Waals surface area contributed by atoms with Gasteiger partial charge in [-0.15, -0.1) is 0 Å². The second-order valence-electron chi connectivity index (χ2n) is 3.62. The van der Waals surface area contributed by atoms with Gasteiger partial charge in [0.15, 0.2) is 15.7 Å². The van der Waals surface area contributed by atoms with Crippen LogP contribution in [0.4, 0.5) is 10.8 Å². The molecule has 1 aromatic rings. The fraction of sp³-hybridized carbons (Fsp3) is 0.625. The number of nitrogens with two attached hydrogens (primary N) is 1. The summed E-state index contributed by atoms with van der Waals surface area (Å²) in [5, 5.41) is 11.6. The van der Waals surface area contributed by atoms with Gasteiger partial charge in [0.05, 0.1) is 11.9 Å². The van der Waals surface area contributed by atoms with Gasteiger partial charge in [0.1, 0.15) is 9.90 Å². The lowest BCUT2D eigenvalue weighted by Gasteiger charge is -2.05. The Balaban J connectivity index is 2.34. The summed E-state index contributed by atoms with van der Waals surface area (Å²) in [6.07, 6.45) is 1.38. The smallest absolute Gasteiger partial charge is 0.187 e. The molecule has 0 aliphatic heterocycles. The Morgan fingerprint density at radius 1 is 1.56 bits per heavy atom. The second kappa shape index (κ2) is 4.19. The molecule has 1 saturated carbocycles. The van der Waals surface area contributed by atoms with Crippen LogP contribution in [0.5, 0.6) is 0 Å². The molecule has 0 spiro atoms. The molecule has 0 amide bonds. The average molecular weight is 263 g/mol. The summed E-state index contributed by atoms with van der Waals surface area (Å²) >= 11 is 1.01. The van der Waals surface area contributed by atoms with Gasteiger partial charge < -0.3 is 16.2 Å². The maximum absolute atomic E-state index is 12.0. The highest BCUT2D eigenvalue weighted by molar-refractivity contribution is 7.92. The van der Waals surface area contributed by atoms with E-state index in [1.165, 1.54) is 0 Å². The number of anilines is 2. The predicted molar refractivity (Wildman–Crippen MR) is 62.3 cm³/mol. The van der Waals surface area contributed by atoms with Crippen LogP contribution in [-0.4, -0.2) is 36.3 Å².